The maximum Gasteiger partial charge on any atom is 0.123 e. The molecular weight excluding hydrogens is 339 g/mol. The zero-order chi connectivity index (χ0) is 14.1. The van der Waals surface area contributed by atoms with Gasteiger partial charge in [-0.2, -0.15) is 0 Å². The van der Waals surface area contributed by atoms with E-state index in [1.807, 2.05) is 6.07 Å². The van der Waals surface area contributed by atoms with E-state index in [2.05, 4.69) is 22.0 Å². The number of fused-ring (bicyclic) bond motifs is 1. The van der Waals surface area contributed by atoms with E-state index in [0.29, 0.717) is 0 Å². The molecule has 0 bridgehead atoms. The van der Waals surface area contributed by atoms with Crippen LogP contribution in [0.2, 0.25) is 0 Å². The van der Waals surface area contributed by atoms with Gasteiger partial charge >= 0.3 is 0 Å². The fourth-order valence-corrected chi connectivity index (χ4v) is 4.20. The summed E-state index contributed by atoms with van der Waals surface area (Å²) >= 11 is 5.35. The van der Waals surface area contributed by atoms with E-state index in [1.54, 1.807) is 36.0 Å². The number of hydrogen-bond acceptors (Lipinski definition) is 2. The number of thioether (sulfide) groups is 1. The Morgan fingerprint density at radius 1 is 1.15 bits per heavy atom. The van der Waals surface area contributed by atoms with Crippen LogP contribution >= 0.6 is 27.7 Å². The molecule has 102 valence electrons. The number of benzene rings is 2. The van der Waals surface area contributed by atoms with Gasteiger partial charge in [-0.3, -0.25) is 0 Å². The molecule has 1 N–H and O–H groups in total. The molecule has 1 heterocycles. The Morgan fingerprint density at radius 2 is 1.90 bits per heavy atom. The highest BCUT2D eigenvalue weighted by Crippen LogP contribution is 2.41. The van der Waals surface area contributed by atoms with Gasteiger partial charge in [0.2, 0.25) is 0 Å². The summed E-state index contributed by atoms with van der Waals surface area (Å²) in [5.41, 5.74) is 3.33. The molecule has 0 aliphatic carbocycles. The van der Waals surface area contributed by atoms with E-state index in [1.165, 1.54) is 12.1 Å². The second-order valence-corrected chi connectivity index (χ2v) is 6.62. The van der Waals surface area contributed by atoms with Gasteiger partial charge < -0.3 is 5.11 Å². The quantitative estimate of drug-likeness (QED) is 0.717. The number of phenolic OH excluding ortho intramolecular Hbond substituents is 1. The van der Waals surface area contributed by atoms with Gasteiger partial charge in [-0.15, -0.1) is 11.8 Å². The standard InChI is InChI=1S/C16H12BrFOS/c17-15-7-11(10-1-3-12(18)4-2-10)9-20-16-8-13(19)5-6-14(15)16/h1-8,15,19H,9H2. The van der Waals surface area contributed by atoms with Gasteiger partial charge in [-0.25, -0.2) is 4.39 Å². The Labute approximate surface area is 129 Å². The molecule has 4 heteroatoms. The van der Waals surface area contributed by atoms with Crippen molar-refractivity contribution < 1.29 is 9.50 Å². The van der Waals surface area contributed by atoms with Crippen LogP contribution in [0.1, 0.15) is 16.0 Å². The highest BCUT2D eigenvalue weighted by molar-refractivity contribution is 9.09. The molecule has 2 aromatic carbocycles. The normalized spacial score (nSPS) is 18.1. The third-order valence-corrected chi connectivity index (χ3v) is 5.12. The van der Waals surface area contributed by atoms with E-state index in [4.69, 9.17) is 0 Å². The lowest BCUT2D eigenvalue weighted by Gasteiger charge is -2.08. The average Bonchev–Trinajstić information content (AvgIpc) is 2.59. The number of halogens is 2. The minimum absolute atomic E-state index is 0.0909. The Balaban J connectivity index is 1.96. The number of rotatable bonds is 1. The number of hydrogen-bond donors (Lipinski definition) is 1. The maximum absolute atomic E-state index is 13.0. The summed E-state index contributed by atoms with van der Waals surface area (Å²) in [5.74, 6) is 0.852. The lowest BCUT2D eigenvalue weighted by Crippen LogP contribution is -1.89. The van der Waals surface area contributed by atoms with Gasteiger partial charge in [0.15, 0.2) is 0 Å². The Hall–Kier alpha value is -1.26. The minimum atomic E-state index is -0.223. The smallest absolute Gasteiger partial charge is 0.123 e. The van der Waals surface area contributed by atoms with Gasteiger partial charge in [0.25, 0.3) is 0 Å². The van der Waals surface area contributed by atoms with E-state index >= 15 is 0 Å². The Kier molecular flexibility index (Phi) is 3.85. The molecule has 0 fully saturated rings. The second kappa shape index (κ2) is 5.62. The average molecular weight is 351 g/mol. The summed E-state index contributed by atoms with van der Waals surface area (Å²) in [4.78, 5) is 1.16. The first kappa shape index (κ1) is 13.7. The van der Waals surface area contributed by atoms with Crippen molar-refractivity contribution >= 4 is 33.3 Å². The Bertz CT molecular complexity index is 667. The zero-order valence-electron chi connectivity index (χ0n) is 10.5. The topological polar surface area (TPSA) is 20.2 Å². The predicted molar refractivity (Wildman–Crippen MR) is 84.9 cm³/mol. The molecule has 20 heavy (non-hydrogen) atoms. The van der Waals surface area contributed by atoms with Crippen LogP contribution in [0.4, 0.5) is 4.39 Å². The number of allylic oxidation sites excluding steroid dienone is 1. The van der Waals surface area contributed by atoms with E-state index in [9.17, 15) is 9.50 Å². The summed E-state index contributed by atoms with van der Waals surface area (Å²) in [7, 11) is 0. The van der Waals surface area contributed by atoms with E-state index in [0.717, 1.165) is 27.3 Å². The number of alkyl halides is 1. The van der Waals surface area contributed by atoms with Crippen molar-refractivity contribution in [3.8, 4) is 5.75 Å². The summed E-state index contributed by atoms with van der Waals surface area (Å²) in [6, 6.07) is 12.0. The molecule has 0 aromatic heterocycles. The zero-order valence-corrected chi connectivity index (χ0v) is 12.9. The molecule has 1 atom stereocenters. The lowest BCUT2D eigenvalue weighted by molar-refractivity contribution is 0.473. The van der Waals surface area contributed by atoms with Crippen molar-refractivity contribution in [2.75, 3.05) is 5.75 Å². The first-order chi connectivity index (χ1) is 9.63. The SMILES string of the molecule is Oc1ccc2c(c1)SCC(c1ccc(F)cc1)=CC2Br. The summed E-state index contributed by atoms with van der Waals surface area (Å²) in [6.07, 6.45) is 2.14. The summed E-state index contributed by atoms with van der Waals surface area (Å²) in [5, 5.41) is 9.59. The molecule has 0 saturated heterocycles. The summed E-state index contributed by atoms with van der Waals surface area (Å²) in [6.45, 7) is 0. The minimum Gasteiger partial charge on any atom is -0.508 e. The van der Waals surface area contributed by atoms with Crippen molar-refractivity contribution in [3.05, 3.63) is 65.5 Å². The van der Waals surface area contributed by atoms with Crippen LogP contribution in [-0.4, -0.2) is 10.9 Å². The van der Waals surface area contributed by atoms with Gasteiger partial charge in [-0.1, -0.05) is 40.2 Å². The van der Waals surface area contributed by atoms with Gasteiger partial charge in [0.05, 0.1) is 4.83 Å². The van der Waals surface area contributed by atoms with Gasteiger partial charge in [0, 0.05) is 10.6 Å². The fraction of sp³-hybridized carbons (Fsp3) is 0.125. The van der Waals surface area contributed by atoms with E-state index in [-0.39, 0.29) is 16.4 Å². The number of phenols is 1. The maximum atomic E-state index is 13.0. The molecule has 0 spiro atoms. The molecule has 1 aliphatic rings. The van der Waals surface area contributed by atoms with Crippen LogP contribution in [0.25, 0.3) is 5.57 Å². The van der Waals surface area contributed by atoms with Crippen LogP contribution in [0.15, 0.2) is 53.4 Å². The predicted octanol–water partition coefficient (Wildman–Crippen LogP) is 5.16. The van der Waals surface area contributed by atoms with Crippen molar-refractivity contribution in [1.82, 2.24) is 0 Å². The van der Waals surface area contributed by atoms with Crippen molar-refractivity contribution in [2.24, 2.45) is 0 Å². The molecule has 0 saturated carbocycles. The molecule has 3 rings (SSSR count). The largest absolute Gasteiger partial charge is 0.508 e. The van der Waals surface area contributed by atoms with Crippen molar-refractivity contribution in [3.63, 3.8) is 0 Å². The van der Waals surface area contributed by atoms with Gasteiger partial charge in [-0.05, 0) is 41.0 Å². The fourth-order valence-electron chi connectivity index (χ4n) is 2.19. The van der Waals surface area contributed by atoms with Crippen molar-refractivity contribution in [2.45, 2.75) is 9.72 Å². The molecule has 1 nitrogen and oxygen atoms in total. The highest BCUT2D eigenvalue weighted by Gasteiger charge is 2.17. The molecule has 0 amide bonds. The van der Waals surface area contributed by atoms with Crippen molar-refractivity contribution in [1.29, 1.82) is 0 Å². The first-order valence-electron chi connectivity index (χ1n) is 6.20. The van der Waals surface area contributed by atoms with Crippen LogP contribution in [-0.2, 0) is 0 Å². The van der Waals surface area contributed by atoms with Crippen LogP contribution in [0.3, 0.4) is 0 Å². The Morgan fingerprint density at radius 3 is 2.65 bits per heavy atom. The second-order valence-electron chi connectivity index (χ2n) is 4.61. The third-order valence-electron chi connectivity index (χ3n) is 3.24. The first-order valence-corrected chi connectivity index (χ1v) is 8.10. The van der Waals surface area contributed by atoms with Crippen LogP contribution < -0.4 is 0 Å². The summed E-state index contributed by atoms with van der Waals surface area (Å²) < 4.78 is 13.0. The highest BCUT2D eigenvalue weighted by atomic mass is 79.9. The van der Waals surface area contributed by atoms with Crippen LogP contribution in [0.5, 0.6) is 5.75 Å². The molecule has 1 unspecified atom stereocenters. The number of aromatic hydroxyl groups is 1. The van der Waals surface area contributed by atoms with Crippen LogP contribution in [0, 0.1) is 5.82 Å². The molecule has 0 radical (unpaired) electrons. The van der Waals surface area contributed by atoms with Gasteiger partial charge in [0.1, 0.15) is 11.6 Å². The lowest BCUT2D eigenvalue weighted by atomic mass is 10.0. The molecule has 2 aromatic rings. The molecular formula is C16H12BrFOS. The molecule has 1 aliphatic heterocycles. The van der Waals surface area contributed by atoms with E-state index < -0.39 is 0 Å². The monoisotopic (exact) mass is 350 g/mol. The third kappa shape index (κ3) is 2.76.